The second-order valence-corrected chi connectivity index (χ2v) is 9.15. The predicted octanol–water partition coefficient (Wildman–Crippen LogP) is 4.32. The van der Waals surface area contributed by atoms with Crippen LogP contribution in [-0.4, -0.2) is 50.0 Å². The zero-order valence-electron chi connectivity index (χ0n) is 20.5. The van der Waals surface area contributed by atoms with Gasteiger partial charge in [-0.25, -0.2) is 10.3 Å². The Labute approximate surface area is 205 Å². The molecule has 1 unspecified atom stereocenters. The fourth-order valence-corrected chi connectivity index (χ4v) is 4.86. The first-order valence-corrected chi connectivity index (χ1v) is 12.1. The van der Waals surface area contributed by atoms with Gasteiger partial charge in [-0.05, 0) is 49.1 Å². The average Bonchev–Trinajstić information content (AvgIpc) is 3.15. The molecule has 4 amide bonds. The number of nitrogens with one attached hydrogen (secondary N) is 1. The van der Waals surface area contributed by atoms with Gasteiger partial charge in [-0.2, -0.15) is 0 Å². The summed E-state index contributed by atoms with van der Waals surface area (Å²) in [4.78, 5) is 40.6. The van der Waals surface area contributed by atoms with Crippen molar-refractivity contribution < 1.29 is 19.6 Å². The molecule has 4 rings (SSSR count). The van der Waals surface area contributed by atoms with E-state index in [1.807, 2.05) is 43.0 Å². The van der Waals surface area contributed by atoms with Gasteiger partial charge in [0.15, 0.2) is 0 Å². The molecule has 2 heterocycles. The molecule has 0 bridgehead atoms. The van der Waals surface area contributed by atoms with Crippen LogP contribution in [0.3, 0.4) is 0 Å². The number of urea groups is 1. The highest BCUT2D eigenvalue weighted by Crippen LogP contribution is 2.34. The van der Waals surface area contributed by atoms with E-state index >= 15 is 0 Å². The molecular formula is C27H32N4O4. The second-order valence-electron chi connectivity index (χ2n) is 9.15. The molecule has 35 heavy (non-hydrogen) atoms. The number of hydrogen-bond donors (Lipinski definition) is 2. The molecule has 1 aromatic heterocycles. The third-order valence-electron chi connectivity index (χ3n) is 6.80. The normalized spacial score (nSPS) is 15.1. The number of rotatable bonds is 6. The Balaban J connectivity index is 1.70. The van der Waals surface area contributed by atoms with Gasteiger partial charge in [-0.3, -0.25) is 19.7 Å². The highest BCUT2D eigenvalue weighted by Gasteiger charge is 2.34. The summed E-state index contributed by atoms with van der Waals surface area (Å²) in [5, 5.41) is 10.0. The van der Waals surface area contributed by atoms with E-state index in [9.17, 15) is 14.4 Å². The summed E-state index contributed by atoms with van der Waals surface area (Å²) in [6, 6.07) is 15.0. The minimum Gasteiger partial charge on any atom is -0.338 e. The van der Waals surface area contributed by atoms with Crippen molar-refractivity contribution in [3.05, 3.63) is 70.9 Å². The average molecular weight is 477 g/mol. The first-order chi connectivity index (χ1) is 16.8. The summed E-state index contributed by atoms with van der Waals surface area (Å²) in [7, 11) is 0. The van der Waals surface area contributed by atoms with Crippen molar-refractivity contribution in [2.75, 3.05) is 6.54 Å². The van der Waals surface area contributed by atoms with E-state index in [4.69, 9.17) is 5.21 Å². The number of hydroxylamine groups is 1. The van der Waals surface area contributed by atoms with Gasteiger partial charge in [0.25, 0.3) is 5.91 Å². The number of fused-ring (bicyclic) bond motifs is 3. The van der Waals surface area contributed by atoms with E-state index in [2.05, 4.69) is 16.7 Å². The van der Waals surface area contributed by atoms with Crippen molar-refractivity contribution in [2.24, 2.45) is 0 Å². The first kappa shape index (κ1) is 24.5. The van der Waals surface area contributed by atoms with Crippen molar-refractivity contribution >= 4 is 28.7 Å². The van der Waals surface area contributed by atoms with E-state index in [1.54, 1.807) is 17.6 Å². The van der Waals surface area contributed by atoms with Crippen LogP contribution < -0.4 is 5.48 Å². The van der Waals surface area contributed by atoms with Gasteiger partial charge in [0.1, 0.15) is 0 Å². The van der Waals surface area contributed by atoms with E-state index in [0.717, 1.165) is 29.6 Å². The zero-order chi connectivity index (χ0) is 25.1. The summed E-state index contributed by atoms with van der Waals surface area (Å²) in [6.45, 7) is 6.95. The molecule has 8 nitrogen and oxygen atoms in total. The smallest absolute Gasteiger partial charge is 0.327 e. The number of unbranched alkanes of at least 4 members (excludes halogenated alkanes) is 1. The van der Waals surface area contributed by atoms with Crippen molar-refractivity contribution in [3.63, 3.8) is 0 Å². The molecule has 8 heteroatoms. The number of aromatic nitrogens is 1. The standard InChI is InChI=1S/C27H32N4O4/c1-4-5-14-29(19(3)32)27(34)30-17-25-23(15-18(30)2)22-8-6-7-9-24(22)31(25)16-20-10-12-21(13-11-20)26(33)28-35/h6-13,18,35H,4-5,14-17H2,1-3H3,(H,28,33). The van der Waals surface area contributed by atoms with Gasteiger partial charge >= 0.3 is 6.03 Å². The maximum atomic E-state index is 13.4. The lowest BCUT2D eigenvalue weighted by atomic mass is 9.98. The lowest BCUT2D eigenvalue weighted by Crippen LogP contribution is -2.51. The molecule has 0 spiro atoms. The van der Waals surface area contributed by atoms with Crippen molar-refractivity contribution in [2.45, 2.75) is 59.2 Å². The van der Waals surface area contributed by atoms with Crippen LogP contribution in [0.4, 0.5) is 4.79 Å². The zero-order valence-corrected chi connectivity index (χ0v) is 20.5. The maximum Gasteiger partial charge on any atom is 0.327 e. The number of imide groups is 1. The van der Waals surface area contributed by atoms with E-state index in [-0.39, 0.29) is 18.0 Å². The molecule has 0 saturated heterocycles. The van der Waals surface area contributed by atoms with Gasteiger partial charge in [0, 0.05) is 48.2 Å². The fourth-order valence-electron chi connectivity index (χ4n) is 4.86. The number of hydrogen-bond acceptors (Lipinski definition) is 4. The van der Waals surface area contributed by atoms with Crippen molar-refractivity contribution in [1.82, 2.24) is 19.8 Å². The number of benzene rings is 2. The van der Waals surface area contributed by atoms with Crippen molar-refractivity contribution in [3.8, 4) is 0 Å². The van der Waals surface area contributed by atoms with Crippen LogP contribution in [0.1, 0.15) is 60.8 Å². The van der Waals surface area contributed by atoms with Crippen LogP contribution in [0.25, 0.3) is 10.9 Å². The molecule has 3 aromatic rings. The topological polar surface area (TPSA) is 94.9 Å². The van der Waals surface area contributed by atoms with Crippen LogP contribution in [-0.2, 0) is 24.3 Å². The Morgan fingerprint density at radius 1 is 1.11 bits per heavy atom. The summed E-state index contributed by atoms with van der Waals surface area (Å²) in [6.07, 6.45) is 2.40. The van der Waals surface area contributed by atoms with Crippen LogP contribution >= 0.6 is 0 Å². The number of carbonyl (C=O) groups excluding carboxylic acids is 3. The highest BCUT2D eigenvalue weighted by molar-refractivity contribution is 5.94. The Bertz CT molecular complexity index is 1250. The number of amides is 4. The van der Waals surface area contributed by atoms with Gasteiger partial charge in [0.2, 0.25) is 5.91 Å². The Kier molecular flexibility index (Phi) is 7.21. The molecule has 1 atom stereocenters. The molecule has 2 aromatic carbocycles. The highest BCUT2D eigenvalue weighted by atomic mass is 16.5. The third kappa shape index (κ3) is 4.79. The van der Waals surface area contributed by atoms with Gasteiger partial charge in [-0.15, -0.1) is 0 Å². The molecule has 1 aliphatic rings. The number of carbonyl (C=O) groups is 3. The third-order valence-corrected chi connectivity index (χ3v) is 6.80. The lowest BCUT2D eigenvalue weighted by Gasteiger charge is -2.37. The summed E-state index contributed by atoms with van der Waals surface area (Å²) in [5.41, 5.74) is 6.40. The van der Waals surface area contributed by atoms with Crippen LogP contribution in [0, 0.1) is 0 Å². The molecule has 184 valence electrons. The Morgan fingerprint density at radius 3 is 2.49 bits per heavy atom. The lowest BCUT2D eigenvalue weighted by molar-refractivity contribution is -0.126. The minimum absolute atomic E-state index is 0.0333. The molecule has 0 radical (unpaired) electrons. The van der Waals surface area contributed by atoms with E-state index in [1.165, 1.54) is 22.8 Å². The second kappa shape index (κ2) is 10.3. The fraction of sp³-hybridized carbons (Fsp3) is 0.370. The van der Waals surface area contributed by atoms with E-state index < -0.39 is 5.91 Å². The minimum atomic E-state index is -0.554. The SMILES string of the molecule is CCCCN(C(C)=O)C(=O)N1Cc2c(c3ccccc3n2Cc2ccc(C(=O)NO)cc2)CC1C. The first-order valence-electron chi connectivity index (χ1n) is 12.1. The summed E-state index contributed by atoms with van der Waals surface area (Å²) >= 11 is 0. The number of para-hydroxylation sites is 1. The van der Waals surface area contributed by atoms with Crippen LogP contribution in [0.2, 0.25) is 0 Å². The summed E-state index contributed by atoms with van der Waals surface area (Å²) in [5.74, 6) is -0.782. The molecule has 1 aliphatic heterocycles. The Hall–Kier alpha value is -3.65. The van der Waals surface area contributed by atoms with Gasteiger partial charge in [-0.1, -0.05) is 43.7 Å². The van der Waals surface area contributed by atoms with Crippen LogP contribution in [0.15, 0.2) is 48.5 Å². The predicted molar refractivity (Wildman–Crippen MR) is 133 cm³/mol. The Morgan fingerprint density at radius 2 is 1.83 bits per heavy atom. The number of nitrogens with zero attached hydrogens (tertiary/aromatic N) is 3. The molecule has 0 fully saturated rings. The summed E-state index contributed by atoms with van der Waals surface area (Å²) < 4.78 is 2.22. The quantitative estimate of drug-likeness (QED) is 0.409. The van der Waals surface area contributed by atoms with E-state index in [0.29, 0.717) is 31.6 Å². The van der Waals surface area contributed by atoms with Crippen LogP contribution in [0.5, 0.6) is 0 Å². The molecule has 0 saturated carbocycles. The van der Waals surface area contributed by atoms with Gasteiger partial charge < -0.3 is 9.47 Å². The molecule has 0 aliphatic carbocycles. The maximum absolute atomic E-state index is 13.4. The monoisotopic (exact) mass is 476 g/mol. The van der Waals surface area contributed by atoms with Gasteiger partial charge in [0.05, 0.1) is 6.54 Å². The largest absolute Gasteiger partial charge is 0.338 e. The molecular weight excluding hydrogens is 444 g/mol. The van der Waals surface area contributed by atoms with Crippen molar-refractivity contribution in [1.29, 1.82) is 0 Å². The molecule has 2 N–H and O–H groups in total.